The summed E-state index contributed by atoms with van der Waals surface area (Å²) in [7, 11) is 0. The van der Waals surface area contributed by atoms with E-state index in [1.165, 1.54) is 5.56 Å². The van der Waals surface area contributed by atoms with E-state index in [-0.39, 0.29) is 46.6 Å². The molecule has 1 amide bonds. The fourth-order valence-electron chi connectivity index (χ4n) is 7.67. The first-order valence-electron chi connectivity index (χ1n) is 10.2. The third-order valence-corrected chi connectivity index (χ3v) is 8.44. The topological polar surface area (TPSA) is 75.9 Å². The largest absolute Gasteiger partial charge is 0.335 e. The van der Waals surface area contributed by atoms with E-state index < -0.39 is 6.23 Å². The maximum absolute atomic E-state index is 13.3. The van der Waals surface area contributed by atoms with Crippen LogP contribution in [0, 0.1) is 22.0 Å². The highest BCUT2D eigenvalue weighted by atomic mass is 16.7. The highest BCUT2D eigenvalue weighted by Crippen LogP contribution is 2.65. The first-order chi connectivity index (χ1) is 13.6. The fourth-order valence-corrected chi connectivity index (χ4v) is 7.67. The quantitative estimate of drug-likeness (QED) is 0.422. The van der Waals surface area contributed by atoms with Crippen molar-refractivity contribution >= 4 is 11.6 Å². The minimum Gasteiger partial charge on any atom is -0.310 e. The zero-order chi connectivity index (χ0) is 18.8. The first kappa shape index (κ1) is 15.6. The molecule has 1 aromatic carbocycles. The Morgan fingerprint density at radius 1 is 1.29 bits per heavy atom. The van der Waals surface area contributed by atoms with E-state index in [1.807, 2.05) is 6.07 Å². The standard InChI is InChI=1S/C21H21N3O4/c25-17-9-15-19-12-8-16-21(13-3-1-2-4-14(13)23(17)20(19)21)5-6-22(16)10-11(12)7-18(28-15)24(26)27/h1-4,7,12,15-16,18-20H,5-6,8-10H2/t12-,15-,16+,18-,19-,20+,21+/m0/s1. The van der Waals surface area contributed by atoms with Crippen molar-refractivity contribution in [3.05, 3.63) is 51.6 Å². The van der Waals surface area contributed by atoms with E-state index in [1.54, 1.807) is 6.08 Å². The predicted molar refractivity (Wildman–Crippen MR) is 99.3 cm³/mol. The van der Waals surface area contributed by atoms with E-state index >= 15 is 0 Å². The van der Waals surface area contributed by atoms with E-state index in [0.29, 0.717) is 6.04 Å². The first-order valence-corrected chi connectivity index (χ1v) is 10.2. The van der Waals surface area contributed by atoms with Gasteiger partial charge in [-0.05, 0) is 42.5 Å². The highest BCUT2D eigenvalue weighted by molar-refractivity contribution is 5.99. The van der Waals surface area contributed by atoms with Gasteiger partial charge in [-0.15, -0.1) is 0 Å². The average molecular weight is 379 g/mol. The molecule has 0 radical (unpaired) electrons. The van der Waals surface area contributed by atoms with Crippen molar-refractivity contribution in [2.45, 2.75) is 49.1 Å². The molecule has 5 heterocycles. The second kappa shape index (κ2) is 4.83. The minimum atomic E-state index is -1.14. The van der Waals surface area contributed by atoms with Crippen molar-refractivity contribution in [2.24, 2.45) is 11.8 Å². The van der Waals surface area contributed by atoms with E-state index in [2.05, 4.69) is 28.0 Å². The number of para-hydroxylation sites is 1. The summed E-state index contributed by atoms with van der Waals surface area (Å²) in [5, 5.41) is 11.6. The molecule has 2 bridgehead atoms. The molecule has 1 spiro atoms. The molecule has 7 nitrogen and oxygen atoms in total. The average Bonchev–Trinajstić information content (AvgIpc) is 3.16. The van der Waals surface area contributed by atoms with Crippen LogP contribution in [0.4, 0.5) is 5.69 Å². The molecular weight excluding hydrogens is 358 g/mol. The highest BCUT2D eigenvalue weighted by Gasteiger charge is 2.71. The van der Waals surface area contributed by atoms with Crippen LogP contribution in [-0.2, 0) is 14.9 Å². The number of piperidine rings is 2. The normalized spacial score (nSPS) is 44.8. The van der Waals surface area contributed by atoms with Crippen molar-refractivity contribution in [1.82, 2.24) is 4.90 Å². The van der Waals surface area contributed by atoms with Gasteiger partial charge in [-0.3, -0.25) is 19.8 Å². The van der Waals surface area contributed by atoms with Gasteiger partial charge >= 0.3 is 6.23 Å². The molecule has 4 fully saturated rings. The molecular formula is C21H21N3O4. The van der Waals surface area contributed by atoms with Gasteiger partial charge < -0.3 is 9.64 Å². The number of nitro groups is 1. The molecule has 3 saturated heterocycles. The molecule has 0 aromatic heterocycles. The van der Waals surface area contributed by atoms with Crippen LogP contribution in [0.1, 0.15) is 24.8 Å². The van der Waals surface area contributed by atoms with E-state index in [4.69, 9.17) is 4.74 Å². The number of rotatable bonds is 1. The molecule has 0 unspecified atom stereocenters. The lowest BCUT2D eigenvalue weighted by Gasteiger charge is -2.58. The number of hydrogen-bond acceptors (Lipinski definition) is 5. The fraction of sp³-hybridized carbons (Fsp3) is 0.571. The number of benzene rings is 1. The van der Waals surface area contributed by atoms with Crippen LogP contribution >= 0.6 is 0 Å². The van der Waals surface area contributed by atoms with Crippen LogP contribution < -0.4 is 4.90 Å². The van der Waals surface area contributed by atoms with Gasteiger partial charge in [0.15, 0.2) is 0 Å². The summed E-state index contributed by atoms with van der Waals surface area (Å²) in [5.74, 6) is 0.467. The monoisotopic (exact) mass is 379 g/mol. The summed E-state index contributed by atoms with van der Waals surface area (Å²) >= 11 is 0. The van der Waals surface area contributed by atoms with Crippen LogP contribution in [0.2, 0.25) is 0 Å². The maximum Gasteiger partial charge on any atom is 0.335 e. The summed E-state index contributed by atoms with van der Waals surface area (Å²) < 4.78 is 6.02. The Morgan fingerprint density at radius 2 is 2.14 bits per heavy atom. The van der Waals surface area contributed by atoms with Gasteiger partial charge in [0.05, 0.1) is 23.5 Å². The van der Waals surface area contributed by atoms with Crippen molar-refractivity contribution in [1.29, 1.82) is 0 Å². The van der Waals surface area contributed by atoms with Crippen molar-refractivity contribution in [3.63, 3.8) is 0 Å². The Kier molecular flexibility index (Phi) is 2.70. The molecule has 1 aliphatic carbocycles. The van der Waals surface area contributed by atoms with Gasteiger partial charge in [0.25, 0.3) is 0 Å². The molecule has 7 heteroatoms. The number of carbonyl (C=O) groups excluding carboxylic acids is 1. The molecule has 7 rings (SSSR count). The number of fused-ring (bicyclic) bond motifs is 2. The molecule has 0 N–H and O–H groups in total. The van der Waals surface area contributed by atoms with Gasteiger partial charge in [-0.2, -0.15) is 0 Å². The number of ether oxygens (including phenoxy) is 1. The number of carbonyl (C=O) groups is 1. The Bertz CT molecular complexity index is 976. The molecule has 1 aromatic rings. The smallest absolute Gasteiger partial charge is 0.310 e. The lowest BCUT2D eigenvalue weighted by atomic mass is 9.53. The van der Waals surface area contributed by atoms with Gasteiger partial charge in [0.1, 0.15) is 0 Å². The SMILES string of the molecule is O=C1C[C@@H]2O[C@H]([N+](=O)[O-])C=C3CN4CC[C@]56c7ccccc7N1[C@@H]5[C@H]2[C@H]3C[C@@H]46. The second-order valence-electron chi connectivity index (χ2n) is 9.22. The lowest BCUT2D eigenvalue weighted by Crippen LogP contribution is -2.69. The Hall–Kier alpha value is -2.25. The number of nitrogens with zero attached hydrogens (tertiary/aromatic N) is 3. The van der Waals surface area contributed by atoms with Crippen LogP contribution in [0.5, 0.6) is 0 Å². The molecule has 5 aliphatic heterocycles. The maximum atomic E-state index is 13.3. The van der Waals surface area contributed by atoms with Crippen LogP contribution in [0.15, 0.2) is 35.9 Å². The molecule has 28 heavy (non-hydrogen) atoms. The molecule has 1 saturated carbocycles. The Balaban J connectivity index is 1.50. The third kappa shape index (κ3) is 1.56. The lowest BCUT2D eigenvalue weighted by molar-refractivity contribution is -0.565. The molecule has 144 valence electrons. The molecule has 7 atom stereocenters. The summed E-state index contributed by atoms with van der Waals surface area (Å²) in [6, 6.07) is 8.86. The predicted octanol–water partition coefficient (Wildman–Crippen LogP) is 1.70. The molecule has 6 aliphatic rings. The zero-order valence-corrected chi connectivity index (χ0v) is 15.4. The van der Waals surface area contributed by atoms with Gasteiger partial charge in [0.2, 0.25) is 5.91 Å². The van der Waals surface area contributed by atoms with E-state index in [0.717, 1.165) is 37.2 Å². The third-order valence-electron chi connectivity index (χ3n) is 8.44. The minimum absolute atomic E-state index is 0.0547. The van der Waals surface area contributed by atoms with Crippen LogP contribution in [-0.4, -0.2) is 53.2 Å². The van der Waals surface area contributed by atoms with E-state index in [9.17, 15) is 14.9 Å². The van der Waals surface area contributed by atoms with Crippen molar-refractivity contribution < 1.29 is 14.5 Å². The summed E-state index contributed by atoms with van der Waals surface area (Å²) in [4.78, 5) is 29.1. The number of anilines is 1. The van der Waals surface area contributed by atoms with Gasteiger partial charge in [0, 0.05) is 35.7 Å². The van der Waals surface area contributed by atoms with Crippen LogP contribution in [0.3, 0.4) is 0 Å². The zero-order valence-electron chi connectivity index (χ0n) is 15.4. The van der Waals surface area contributed by atoms with Crippen molar-refractivity contribution in [2.75, 3.05) is 18.0 Å². The number of hydrogen-bond donors (Lipinski definition) is 0. The second-order valence-corrected chi connectivity index (χ2v) is 9.22. The summed E-state index contributed by atoms with van der Waals surface area (Å²) in [6.45, 7) is 1.79. The summed E-state index contributed by atoms with van der Waals surface area (Å²) in [5.41, 5.74) is 3.47. The Labute approximate surface area is 162 Å². The number of amides is 1. The summed E-state index contributed by atoms with van der Waals surface area (Å²) in [6.07, 6.45) is 2.55. The van der Waals surface area contributed by atoms with Gasteiger partial charge in [-0.1, -0.05) is 18.2 Å². The van der Waals surface area contributed by atoms with Gasteiger partial charge in [-0.25, -0.2) is 0 Å². The van der Waals surface area contributed by atoms with Crippen LogP contribution in [0.25, 0.3) is 0 Å². The Morgan fingerprint density at radius 3 is 3.00 bits per heavy atom. The van der Waals surface area contributed by atoms with Crippen molar-refractivity contribution in [3.8, 4) is 0 Å².